The highest BCUT2D eigenvalue weighted by atomic mass is 35.5. The van der Waals surface area contributed by atoms with E-state index in [1.807, 2.05) is 78.9 Å². The zero-order valence-corrected chi connectivity index (χ0v) is 25.1. The topological polar surface area (TPSA) is 47.3 Å². The van der Waals surface area contributed by atoms with Crippen LogP contribution in [-0.4, -0.2) is 26.2 Å². The normalized spacial score (nSPS) is 12.8. The molecule has 1 atom stereocenters. The van der Waals surface area contributed by atoms with Gasteiger partial charge in [0, 0.05) is 11.9 Å². The Morgan fingerprint density at radius 3 is 2.00 bits per heavy atom. The molecular formula is C37H36ClF3N2O. The van der Waals surface area contributed by atoms with Crippen LogP contribution in [0.3, 0.4) is 0 Å². The van der Waals surface area contributed by atoms with Gasteiger partial charge in [0.2, 0.25) is 0 Å². The molecule has 7 heteroatoms. The van der Waals surface area contributed by atoms with Crippen molar-refractivity contribution in [3.63, 3.8) is 0 Å². The smallest absolute Gasteiger partial charge is 0.416 e. The van der Waals surface area contributed by atoms with Gasteiger partial charge in [0.25, 0.3) is 0 Å². The van der Waals surface area contributed by atoms with Crippen LogP contribution in [-0.2, 0) is 18.0 Å². The van der Waals surface area contributed by atoms with Crippen LogP contribution in [0.1, 0.15) is 39.6 Å². The third kappa shape index (κ3) is 6.94. The van der Waals surface area contributed by atoms with Gasteiger partial charge in [0.15, 0.2) is 0 Å². The summed E-state index contributed by atoms with van der Waals surface area (Å²) in [7, 11) is 0. The van der Waals surface area contributed by atoms with Gasteiger partial charge in [-0.2, -0.15) is 13.2 Å². The molecule has 0 fully saturated rings. The molecule has 0 radical (unpaired) electrons. The predicted molar refractivity (Wildman–Crippen MR) is 173 cm³/mol. The number of hydrogen-bond donors (Lipinski definition) is 2. The SMILES string of the molecule is NCCc1cccc2c(OCCCNCC(c3ccccc3)(c3ccccc3)C(Cl)c3cccc(C(F)(F)F)c3)cccc12. The second-order valence-corrected chi connectivity index (χ2v) is 11.3. The molecule has 5 rings (SSSR count). The van der Waals surface area contributed by atoms with Crippen LogP contribution in [0.25, 0.3) is 10.8 Å². The Kier molecular flexibility index (Phi) is 10.3. The summed E-state index contributed by atoms with van der Waals surface area (Å²) >= 11 is 7.29. The number of nitrogens with two attached hydrogens (primary N) is 1. The van der Waals surface area contributed by atoms with Crippen LogP contribution < -0.4 is 15.8 Å². The number of benzene rings is 5. The van der Waals surface area contributed by atoms with Crippen LogP contribution >= 0.6 is 11.6 Å². The molecule has 5 aromatic carbocycles. The lowest BCUT2D eigenvalue weighted by Gasteiger charge is -2.40. The van der Waals surface area contributed by atoms with E-state index in [0.29, 0.717) is 31.8 Å². The van der Waals surface area contributed by atoms with Crippen LogP contribution in [0.4, 0.5) is 13.2 Å². The van der Waals surface area contributed by atoms with Crippen LogP contribution in [0.5, 0.6) is 5.75 Å². The summed E-state index contributed by atoms with van der Waals surface area (Å²) in [5.74, 6) is 0.828. The minimum atomic E-state index is -4.47. The Morgan fingerprint density at radius 2 is 1.34 bits per heavy atom. The van der Waals surface area contributed by atoms with Gasteiger partial charge in [-0.3, -0.25) is 0 Å². The molecule has 44 heavy (non-hydrogen) atoms. The van der Waals surface area contributed by atoms with Crippen molar-refractivity contribution in [2.75, 3.05) is 26.2 Å². The maximum atomic E-state index is 13.7. The highest BCUT2D eigenvalue weighted by Crippen LogP contribution is 2.47. The predicted octanol–water partition coefficient (Wildman–Crippen LogP) is 8.68. The van der Waals surface area contributed by atoms with E-state index in [9.17, 15) is 13.2 Å². The molecule has 5 aromatic rings. The second-order valence-electron chi connectivity index (χ2n) is 10.9. The lowest BCUT2D eigenvalue weighted by Crippen LogP contribution is -2.43. The van der Waals surface area contributed by atoms with Gasteiger partial charge >= 0.3 is 6.18 Å². The fourth-order valence-electron chi connectivity index (χ4n) is 5.89. The molecule has 0 heterocycles. The van der Waals surface area contributed by atoms with Gasteiger partial charge in [0.1, 0.15) is 5.75 Å². The zero-order chi connectivity index (χ0) is 31.0. The molecule has 1 unspecified atom stereocenters. The zero-order valence-electron chi connectivity index (χ0n) is 24.4. The van der Waals surface area contributed by atoms with Gasteiger partial charge in [-0.25, -0.2) is 0 Å². The quantitative estimate of drug-likeness (QED) is 0.103. The number of rotatable bonds is 13. The second kappa shape index (κ2) is 14.3. The lowest BCUT2D eigenvalue weighted by atomic mass is 9.69. The molecule has 228 valence electrons. The Balaban J connectivity index is 1.37. The molecule has 0 aliphatic rings. The van der Waals surface area contributed by atoms with E-state index in [1.165, 1.54) is 11.6 Å². The largest absolute Gasteiger partial charge is 0.493 e. The average Bonchev–Trinajstić information content (AvgIpc) is 3.05. The summed E-state index contributed by atoms with van der Waals surface area (Å²) < 4.78 is 47.3. The van der Waals surface area contributed by atoms with E-state index >= 15 is 0 Å². The fraction of sp³-hybridized carbons (Fsp3) is 0.243. The Hall–Kier alpha value is -3.84. The van der Waals surface area contributed by atoms with E-state index in [0.717, 1.165) is 52.6 Å². The maximum absolute atomic E-state index is 13.7. The summed E-state index contributed by atoms with van der Waals surface area (Å²) in [6.45, 7) is 2.11. The molecule has 0 saturated heterocycles. The van der Waals surface area contributed by atoms with Crippen molar-refractivity contribution in [1.82, 2.24) is 5.32 Å². The van der Waals surface area contributed by atoms with Crippen molar-refractivity contribution < 1.29 is 17.9 Å². The number of hydrogen-bond acceptors (Lipinski definition) is 3. The lowest BCUT2D eigenvalue weighted by molar-refractivity contribution is -0.137. The first-order chi connectivity index (χ1) is 21.3. The summed E-state index contributed by atoms with van der Waals surface area (Å²) in [5, 5.41) is 4.98. The molecule has 0 amide bonds. The number of ether oxygens (including phenoxy) is 1. The third-order valence-corrected chi connectivity index (χ3v) is 8.69. The third-order valence-electron chi connectivity index (χ3n) is 8.06. The molecule has 3 N–H and O–H groups in total. The molecule has 0 spiro atoms. The maximum Gasteiger partial charge on any atom is 0.416 e. The fourth-order valence-corrected chi connectivity index (χ4v) is 6.36. The van der Waals surface area contributed by atoms with Crippen molar-refractivity contribution in [3.8, 4) is 5.75 Å². The Bertz CT molecular complexity index is 1600. The highest BCUT2D eigenvalue weighted by Gasteiger charge is 2.42. The average molecular weight is 617 g/mol. The molecular weight excluding hydrogens is 581 g/mol. The summed E-state index contributed by atoms with van der Waals surface area (Å²) in [5.41, 5.74) is 7.66. The van der Waals surface area contributed by atoms with E-state index in [4.69, 9.17) is 22.1 Å². The summed E-state index contributed by atoms with van der Waals surface area (Å²) in [4.78, 5) is 0. The van der Waals surface area contributed by atoms with E-state index in [2.05, 4.69) is 23.5 Å². The van der Waals surface area contributed by atoms with Crippen LogP contribution in [0.15, 0.2) is 121 Å². The van der Waals surface area contributed by atoms with Crippen molar-refractivity contribution in [2.45, 2.75) is 29.8 Å². The first-order valence-electron chi connectivity index (χ1n) is 14.8. The standard InChI is InChI=1S/C37H36ClF3N2O/c38-35(28-12-7-17-31(25-28)37(39,40)41)36(29-13-3-1-4-14-29,30-15-5-2-6-16-30)26-43-23-10-24-44-34-20-9-18-32-27(21-22-42)11-8-19-33(32)34/h1-9,11-20,25,35,43H,10,21-24,26,42H2. The molecule has 0 aliphatic heterocycles. The highest BCUT2D eigenvalue weighted by molar-refractivity contribution is 6.22. The Labute approximate surface area is 261 Å². The molecule has 3 nitrogen and oxygen atoms in total. The minimum Gasteiger partial charge on any atom is -0.493 e. The van der Waals surface area contributed by atoms with Crippen LogP contribution in [0.2, 0.25) is 0 Å². The van der Waals surface area contributed by atoms with Gasteiger partial charge in [-0.15, -0.1) is 11.6 Å². The number of alkyl halides is 4. The Morgan fingerprint density at radius 1 is 0.727 bits per heavy atom. The van der Waals surface area contributed by atoms with Gasteiger partial charge in [-0.1, -0.05) is 109 Å². The van der Waals surface area contributed by atoms with Crippen molar-refractivity contribution in [1.29, 1.82) is 0 Å². The molecule has 0 aliphatic carbocycles. The molecule has 0 saturated carbocycles. The molecule has 0 aromatic heterocycles. The van der Waals surface area contributed by atoms with Crippen molar-refractivity contribution in [2.24, 2.45) is 5.73 Å². The van der Waals surface area contributed by atoms with Gasteiger partial charge in [-0.05, 0) is 65.7 Å². The first kappa shape index (κ1) is 31.6. The van der Waals surface area contributed by atoms with E-state index in [-0.39, 0.29) is 0 Å². The van der Waals surface area contributed by atoms with Crippen molar-refractivity contribution >= 4 is 22.4 Å². The van der Waals surface area contributed by atoms with Crippen molar-refractivity contribution in [3.05, 3.63) is 149 Å². The van der Waals surface area contributed by atoms with E-state index < -0.39 is 22.5 Å². The monoisotopic (exact) mass is 616 g/mol. The number of halogens is 4. The summed E-state index contributed by atoms with van der Waals surface area (Å²) in [6, 6.07) is 37.1. The number of nitrogens with one attached hydrogen (secondary N) is 1. The van der Waals surface area contributed by atoms with Gasteiger partial charge in [0.05, 0.1) is 23.0 Å². The van der Waals surface area contributed by atoms with Gasteiger partial charge < -0.3 is 15.8 Å². The van der Waals surface area contributed by atoms with E-state index in [1.54, 1.807) is 6.07 Å². The summed E-state index contributed by atoms with van der Waals surface area (Å²) in [6.07, 6.45) is -2.95. The number of fused-ring (bicyclic) bond motifs is 1. The first-order valence-corrected chi connectivity index (χ1v) is 15.2. The van der Waals surface area contributed by atoms with Crippen LogP contribution in [0, 0.1) is 0 Å². The minimum absolute atomic E-state index is 0.405. The molecule has 0 bridgehead atoms.